The van der Waals surface area contributed by atoms with E-state index in [1.807, 2.05) is 86.6 Å². The van der Waals surface area contributed by atoms with Gasteiger partial charge in [-0.15, -0.1) is 0 Å². The van der Waals surface area contributed by atoms with Crippen LogP contribution in [0, 0.1) is 6.92 Å². The molecular weight excluding hydrogens is 412 g/mol. The van der Waals surface area contributed by atoms with Crippen molar-refractivity contribution < 1.29 is 14.3 Å². The number of amides is 2. The number of nitrogens with one attached hydrogen (secondary N) is 1. The smallest absolute Gasteiger partial charge is 0.282 e. The normalized spacial score (nSPS) is 13.6. The number of anilines is 2. The van der Waals surface area contributed by atoms with Crippen LogP contribution in [0.4, 0.5) is 11.4 Å². The van der Waals surface area contributed by atoms with E-state index in [4.69, 9.17) is 4.74 Å². The number of nitrogens with zero attached hydrogens (tertiary/aromatic N) is 1. The molecule has 168 valence electrons. The van der Waals surface area contributed by atoms with E-state index in [0.717, 1.165) is 35.4 Å². The minimum Gasteiger partial charge on any atom is -0.494 e. The highest BCUT2D eigenvalue weighted by Crippen LogP contribution is 2.34. The van der Waals surface area contributed by atoms with E-state index in [1.165, 1.54) is 4.90 Å². The van der Waals surface area contributed by atoms with Gasteiger partial charge in [0, 0.05) is 5.69 Å². The van der Waals surface area contributed by atoms with Crippen LogP contribution in [0.1, 0.15) is 37.0 Å². The molecule has 1 heterocycles. The molecule has 5 nitrogen and oxygen atoms in total. The second kappa shape index (κ2) is 9.74. The van der Waals surface area contributed by atoms with Crippen molar-refractivity contribution >= 4 is 28.8 Å². The number of carbonyl (C=O) groups excluding carboxylic acids is 2. The third-order valence-corrected chi connectivity index (χ3v) is 5.62. The second-order valence-electron chi connectivity index (χ2n) is 8.08. The van der Waals surface area contributed by atoms with Crippen LogP contribution in [-0.4, -0.2) is 18.4 Å². The summed E-state index contributed by atoms with van der Waals surface area (Å²) in [6.07, 6.45) is 1.80. The van der Waals surface area contributed by atoms with Crippen molar-refractivity contribution in [2.24, 2.45) is 0 Å². The first kappa shape index (κ1) is 22.3. The second-order valence-corrected chi connectivity index (χ2v) is 8.08. The first-order chi connectivity index (χ1) is 16.0. The van der Waals surface area contributed by atoms with Crippen LogP contribution >= 0.6 is 0 Å². The Morgan fingerprint density at radius 2 is 1.48 bits per heavy atom. The van der Waals surface area contributed by atoms with Crippen LogP contribution in [0.15, 0.2) is 78.5 Å². The minimum atomic E-state index is -0.369. The maximum absolute atomic E-state index is 13.6. The lowest BCUT2D eigenvalue weighted by Crippen LogP contribution is -2.32. The number of imide groups is 1. The van der Waals surface area contributed by atoms with Crippen LogP contribution in [0.5, 0.6) is 5.75 Å². The first-order valence-corrected chi connectivity index (χ1v) is 11.3. The van der Waals surface area contributed by atoms with E-state index in [0.29, 0.717) is 23.4 Å². The zero-order valence-corrected chi connectivity index (χ0v) is 19.2. The Morgan fingerprint density at radius 3 is 2.09 bits per heavy atom. The summed E-state index contributed by atoms with van der Waals surface area (Å²) in [5.74, 6) is 0.0187. The number of hydrogen-bond donors (Lipinski definition) is 1. The minimum absolute atomic E-state index is 0.269. The Balaban J connectivity index is 1.74. The first-order valence-electron chi connectivity index (χ1n) is 11.3. The van der Waals surface area contributed by atoms with Crippen molar-refractivity contribution in [2.75, 3.05) is 16.8 Å². The van der Waals surface area contributed by atoms with Crippen molar-refractivity contribution in [3.63, 3.8) is 0 Å². The predicted octanol–water partition coefficient (Wildman–Crippen LogP) is 5.74. The molecular formula is C28H28N2O3. The van der Waals surface area contributed by atoms with Crippen molar-refractivity contribution in [1.29, 1.82) is 0 Å². The number of ether oxygens (including phenoxy) is 1. The fourth-order valence-corrected chi connectivity index (χ4v) is 3.75. The lowest BCUT2D eigenvalue weighted by Gasteiger charge is -2.16. The maximum Gasteiger partial charge on any atom is 0.282 e. The highest BCUT2D eigenvalue weighted by atomic mass is 16.5. The van der Waals surface area contributed by atoms with Gasteiger partial charge >= 0.3 is 0 Å². The van der Waals surface area contributed by atoms with E-state index >= 15 is 0 Å². The van der Waals surface area contributed by atoms with Crippen LogP contribution < -0.4 is 15.0 Å². The van der Waals surface area contributed by atoms with Crippen molar-refractivity contribution in [2.45, 2.75) is 33.6 Å². The van der Waals surface area contributed by atoms with Crippen LogP contribution in [0.25, 0.3) is 5.57 Å². The topological polar surface area (TPSA) is 58.6 Å². The highest BCUT2D eigenvalue weighted by Gasteiger charge is 2.40. The average molecular weight is 441 g/mol. The van der Waals surface area contributed by atoms with E-state index in [1.54, 1.807) is 0 Å². The summed E-state index contributed by atoms with van der Waals surface area (Å²) in [7, 11) is 0. The summed E-state index contributed by atoms with van der Waals surface area (Å²) in [5.41, 5.74) is 4.85. The van der Waals surface area contributed by atoms with E-state index < -0.39 is 0 Å². The number of hydrogen-bond acceptors (Lipinski definition) is 4. The lowest BCUT2D eigenvalue weighted by molar-refractivity contribution is -0.120. The standard InChI is InChI=1S/C28H28N2O3/c1-4-18-33-24-16-10-21(11-17-24)25-26(29-22-12-6-19(3)7-13-22)28(32)30(27(25)31)23-14-8-20(5-2)9-15-23/h6-17,29H,4-5,18H2,1-3H3. The predicted molar refractivity (Wildman–Crippen MR) is 132 cm³/mol. The molecule has 0 aromatic heterocycles. The molecule has 0 saturated carbocycles. The summed E-state index contributed by atoms with van der Waals surface area (Å²) in [5, 5.41) is 3.20. The molecule has 0 bridgehead atoms. The van der Waals surface area contributed by atoms with Crippen molar-refractivity contribution in [1.82, 2.24) is 0 Å². The van der Waals surface area contributed by atoms with E-state index in [9.17, 15) is 9.59 Å². The van der Waals surface area contributed by atoms with Gasteiger partial charge in [0.15, 0.2) is 0 Å². The van der Waals surface area contributed by atoms with Gasteiger partial charge in [0.2, 0.25) is 0 Å². The summed E-state index contributed by atoms with van der Waals surface area (Å²) in [6, 6.07) is 22.6. The van der Waals surface area contributed by atoms with Gasteiger partial charge in [0.25, 0.3) is 11.8 Å². The molecule has 0 fully saturated rings. The van der Waals surface area contributed by atoms with Gasteiger partial charge in [0.1, 0.15) is 11.4 Å². The molecule has 1 N–H and O–H groups in total. The largest absolute Gasteiger partial charge is 0.494 e. The van der Waals surface area contributed by atoms with Gasteiger partial charge in [-0.2, -0.15) is 0 Å². The Kier molecular flexibility index (Phi) is 6.59. The van der Waals surface area contributed by atoms with E-state index in [2.05, 4.69) is 12.2 Å². The maximum atomic E-state index is 13.6. The van der Waals surface area contributed by atoms with Gasteiger partial charge in [-0.05, 0) is 67.3 Å². The van der Waals surface area contributed by atoms with Gasteiger partial charge in [-0.25, -0.2) is 4.90 Å². The SMILES string of the molecule is CCCOc1ccc(C2=C(Nc3ccc(C)cc3)C(=O)N(c3ccc(CC)cc3)C2=O)cc1. The van der Waals surface area contributed by atoms with Crippen LogP contribution in [-0.2, 0) is 16.0 Å². The fraction of sp³-hybridized carbons (Fsp3) is 0.214. The Hall–Kier alpha value is -3.86. The summed E-state index contributed by atoms with van der Waals surface area (Å²) in [6.45, 7) is 6.74. The third-order valence-electron chi connectivity index (χ3n) is 5.62. The molecule has 5 heteroatoms. The zero-order chi connectivity index (χ0) is 23.4. The zero-order valence-electron chi connectivity index (χ0n) is 19.2. The summed E-state index contributed by atoms with van der Waals surface area (Å²) < 4.78 is 5.67. The summed E-state index contributed by atoms with van der Waals surface area (Å²) in [4.78, 5) is 28.3. The van der Waals surface area contributed by atoms with Gasteiger partial charge in [-0.3, -0.25) is 9.59 Å². The van der Waals surface area contributed by atoms with E-state index in [-0.39, 0.29) is 17.5 Å². The van der Waals surface area contributed by atoms with Gasteiger partial charge < -0.3 is 10.1 Å². The molecule has 33 heavy (non-hydrogen) atoms. The van der Waals surface area contributed by atoms with Crippen molar-refractivity contribution in [3.05, 3.63) is 95.2 Å². The number of carbonyl (C=O) groups is 2. The monoisotopic (exact) mass is 440 g/mol. The molecule has 3 aromatic rings. The lowest BCUT2D eigenvalue weighted by atomic mass is 10.0. The van der Waals surface area contributed by atoms with Gasteiger partial charge in [0.05, 0.1) is 17.9 Å². The molecule has 3 aromatic carbocycles. The molecule has 0 atom stereocenters. The van der Waals surface area contributed by atoms with Crippen LogP contribution in [0.3, 0.4) is 0 Å². The highest BCUT2D eigenvalue weighted by molar-refractivity contribution is 6.46. The Morgan fingerprint density at radius 1 is 0.818 bits per heavy atom. The molecule has 0 spiro atoms. The molecule has 0 radical (unpaired) electrons. The molecule has 1 aliphatic heterocycles. The summed E-state index contributed by atoms with van der Waals surface area (Å²) >= 11 is 0. The Labute approximate surface area is 194 Å². The number of aryl methyl sites for hydroxylation is 2. The molecule has 0 unspecified atom stereocenters. The van der Waals surface area contributed by atoms with Crippen LogP contribution in [0.2, 0.25) is 0 Å². The molecule has 4 rings (SSSR count). The van der Waals surface area contributed by atoms with Crippen molar-refractivity contribution in [3.8, 4) is 5.75 Å². The molecule has 0 saturated heterocycles. The molecule has 1 aliphatic rings. The van der Waals surface area contributed by atoms with Gasteiger partial charge in [-0.1, -0.05) is 55.8 Å². The average Bonchev–Trinajstić information content (AvgIpc) is 3.08. The number of rotatable bonds is 8. The fourth-order valence-electron chi connectivity index (χ4n) is 3.75. The molecule has 0 aliphatic carbocycles. The quantitative estimate of drug-likeness (QED) is 0.454. The molecule has 2 amide bonds. The Bertz CT molecular complexity index is 1180. The number of benzene rings is 3. The third kappa shape index (κ3) is 4.67.